The van der Waals surface area contributed by atoms with Crippen molar-refractivity contribution in [2.24, 2.45) is 0 Å². The summed E-state index contributed by atoms with van der Waals surface area (Å²) in [5, 5.41) is 11.2. The van der Waals surface area contributed by atoms with Gasteiger partial charge in [0.05, 0.1) is 27.9 Å². The number of hydrogen-bond donors (Lipinski definition) is 1. The largest absolute Gasteiger partial charge is 0.497 e. The van der Waals surface area contributed by atoms with Crippen LogP contribution in [0.4, 0.5) is 0 Å². The number of benzene rings is 3. The van der Waals surface area contributed by atoms with Gasteiger partial charge in [0.25, 0.3) is 0 Å². The van der Waals surface area contributed by atoms with E-state index in [4.69, 9.17) is 18.9 Å². The number of hydrogen-bond acceptors (Lipinski definition) is 6. The lowest BCUT2D eigenvalue weighted by molar-refractivity contribution is -0.170. The summed E-state index contributed by atoms with van der Waals surface area (Å²) in [6.45, 7) is 0.216. The van der Waals surface area contributed by atoms with E-state index in [9.17, 15) is 9.90 Å². The van der Waals surface area contributed by atoms with E-state index >= 15 is 0 Å². The van der Waals surface area contributed by atoms with Crippen molar-refractivity contribution < 1.29 is 28.8 Å². The molecule has 6 nitrogen and oxygen atoms in total. The third-order valence-electron chi connectivity index (χ3n) is 5.35. The number of rotatable bonds is 10. The molecule has 3 rings (SSSR count). The standard InChI is InChI=1S/C26H28O6/c1-29-22-16-19(17-23(18-22)30-2)14-15-32-26(24(27)25(28)31-3,20-10-6-4-7-11-20)21-12-8-5-9-13-21/h4-13,16-18,24,27H,14-15H2,1-3H3/t24-/m0/s1. The molecule has 0 aliphatic carbocycles. The van der Waals surface area contributed by atoms with Crippen LogP contribution in [-0.4, -0.2) is 45.1 Å². The predicted molar refractivity (Wildman–Crippen MR) is 121 cm³/mol. The van der Waals surface area contributed by atoms with Crippen LogP contribution in [0.5, 0.6) is 11.5 Å². The second-order valence-corrected chi connectivity index (χ2v) is 7.21. The Labute approximate surface area is 188 Å². The third-order valence-corrected chi connectivity index (χ3v) is 5.35. The summed E-state index contributed by atoms with van der Waals surface area (Å²) < 4.78 is 22.0. The fraction of sp³-hybridized carbons (Fsp3) is 0.269. The Morgan fingerprint density at radius 3 is 1.78 bits per heavy atom. The monoisotopic (exact) mass is 436 g/mol. The quantitative estimate of drug-likeness (QED) is 0.488. The van der Waals surface area contributed by atoms with Crippen molar-refractivity contribution in [3.05, 3.63) is 95.6 Å². The molecular weight excluding hydrogens is 408 g/mol. The van der Waals surface area contributed by atoms with Crippen LogP contribution < -0.4 is 9.47 Å². The molecule has 0 spiro atoms. The molecule has 6 heteroatoms. The molecule has 0 saturated heterocycles. The third kappa shape index (κ3) is 4.93. The Kier molecular flexibility index (Phi) is 7.87. The van der Waals surface area contributed by atoms with Crippen LogP contribution in [0.15, 0.2) is 78.9 Å². The van der Waals surface area contributed by atoms with Gasteiger partial charge in [-0.05, 0) is 35.2 Å². The summed E-state index contributed by atoms with van der Waals surface area (Å²) in [5.74, 6) is 0.568. The van der Waals surface area contributed by atoms with Crippen LogP contribution >= 0.6 is 0 Å². The maximum absolute atomic E-state index is 12.5. The Morgan fingerprint density at radius 1 is 0.844 bits per heavy atom. The number of aliphatic hydroxyl groups excluding tert-OH is 1. The summed E-state index contributed by atoms with van der Waals surface area (Å²) in [6.07, 6.45) is -1.07. The number of methoxy groups -OCH3 is 3. The van der Waals surface area contributed by atoms with Gasteiger partial charge in [0.1, 0.15) is 11.5 Å². The summed E-state index contributed by atoms with van der Waals surface area (Å²) in [7, 11) is 4.43. The van der Waals surface area contributed by atoms with Crippen molar-refractivity contribution >= 4 is 5.97 Å². The number of aliphatic hydroxyl groups is 1. The van der Waals surface area contributed by atoms with Crippen molar-refractivity contribution in [1.29, 1.82) is 0 Å². The highest BCUT2D eigenvalue weighted by Gasteiger charge is 2.47. The zero-order chi connectivity index (χ0) is 23.0. The highest BCUT2D eigenvalue weighted by Crippen LogP contribution is 2.38. The lowest BCUT2D eigenvalue weighted by atomic mass is 9.81. The average Bonchev–Trinajstić information content (AvgIpc) is 2.86. The van der Waals surface area contributed by atoms with Crippen molar-refractivity contribution in [2.45, 2.75) is 18.1 Å². The Morgan fingerprint density at radius 2 is 1.34 bits per heavy atom. The van der Waals surface area contributed by atoms with Gasteiger partial charge in [0, 0.05) is 6.07 Å². The molecule has 1 atom stereocenters. The molecule has 1 N–H and O–H groups in total. The Balaban J connectivity index is 2.00. The molecule has 0 aliphatic rings. The minimum absolute atomic E-state index is 0.216. The van der Waals surface area contributed by atoms with Crippen molar-refractivity contribution in [3.8, 4) is 11.5 Å². The average molecular weight is 437 g/mol. The van der Waals surface area contributed by atoms with E-state index in [1.54, 1.807) is 20.3 Å². The van der Waals surface area contributed by atoms with Gasteiger partial charge < -0.3 is 24.1 Å². The summed E-state index contributed by atoms with van der Waals surface area (Å²) >= 11 is 0. The minimum atomic E-state index is -1.57. The zero-order valence-electron chi connectivity index (χ0n) is 18.5. The molecular formula is C26H28O6. The predicted octanol–water partition coefficient (Wildman–Crippen LogP) is 3.74. The molecule has 0 unspecified atom stereocenters. The molecule has 0 aliphatic heterocycles. The molecule has 0 saturated carbocycles. The first-order chi connectivity index (χ1) is 15.5. The highest BCUT2D eigenvalue weighted by molar-refractivity contribution is 5.77. The molecule has 0 heterocycles. The van der Waals surface area contributed by atoms with E-state index in [0.717, 1.165) is 5.56 Å². The van der Waals surface area contributed by atoms with Crippen molar-refractivity contribution in [2.75, 3.05) is 27.9 Å². The van der Waals surface area contributed by atoms with Crippen molar-refractivity contribution in [1.82, 2.24) is 0 Å². The van der Waals surface area contributed by atoms with E-state index in [2.05, 4.69) is 0 Å². The molecule has 168 valence electrons. The lowest BCUT2D eigenvalue weighted by Crippen LogP contribution is -2.48. The second kappa shape index (κ2) is 10.8. The first-order valence-electron chi connectivity index (χ1n) is 10.3. The smallest absolute Gasteiger partial charge is 0.338 e. The first kappa shape index (κ1) is 23.3. The van der Waals surface area contributed by atoms with Gasteiger partial charge in [-0.25, -0.2) is 4.79 Å². The summed E-state index contributed by atoms with van der Waals surface area (Å²) in [5.41, 5.74) is 0.780. The van der Waals surface area contributed by atoms with Gasteiger partial charge in [-0.15, -0.1) is 0 Å². The molecule has 32 heavy (non-hydrogen) atoms. The van der Waals surface area contributed by atoms with Crippen LogP contribution in [0.1, 0.15) is 16.7 Å². The van der Waals surface area contributed by atoms with E-state index in [-0.39, 0.29) is 6.61 Å². The minimum Gasteiger partial charge on any atom is -0.497 e. The lowest BCUT2D eigenvalue weighted by Gasteiger charge is -2.37. The van der Waals surface area contributed by atoms with Crippen molar-refractivity contribution in [3.63, 3.8) is 0 Å². The number of ether oxygens (including phenoxy) is 4. The van der Waals surface area contributed by atoms with E-state index < -0.39 is 17.7 Å². The SMILES string of the molecule is COC(=O)[C@H](O)C(OCCc1cc(OC)cc(OC)c1)(c1ccccc1)c1ccccc1. The summed E-state index contributed by atoms with van der Waals surface area (Å²) in [6, 6.07) is 24.0. The highest BCUT2D eigenvalue weighted by atomic mass is 16.6. The maximum atomic E-state index is 12.5. The maximum Gasteiger partial charge on any atom is 0.338 e. The molecule has 0 aromatic heterocycles. The summed E-state index contributed by atoms with van der Waals surface area (Å²) in [4.78, 5) is 12.5. The normalized spacial score (nSPS) is 12.1. The number of carbonyl (C=O) groups excluding carboxylic acids is 1. The van der Waals surface area contributed by atoms with Gasteiger partial charge in [0.2, 0.25) is 0 Å². The van der Waals surface area contributed by atoms with E-state index in [1.165, 1.54) is 7.11 Å². The molecule has 0 bridgehead atoms. The number of carbonyl (C=O) groups is 1. The first-order valence-corrected chi connectivity index (χ1v) is 10.3. The molecule has 0 radical (unpaired) electrons. The van der Waals surface area contributed by atoms with Crippen LogP contribution in [0, 0.1) is 0 Å². The Hall–Kier alpha value is -3.35. The second-order valence-electron chi connectivity index (χ2n) is 7.21. The van der Waals surface area contributed by atoms with Gasteiger partial charge in [-0.2, -0.15) is 0 Å². The fourth-order valence-corrected chi connectivity index (χ4v) is 3.72. The molecule has 0 fully saturated rings. The van der Waals surface area contributed by atoms with E-state index in [0.29, 0.717) is 29.0 Å². The van der Waals surface area contributed by atoms with E-state index in [1.807, 2.05) is 72.8 Å². The fourth-order valence-electron chi connectivity index (χ4n) is 3.72. The van der Waals surface area contributed by atoms with Crippen LogP contribution in [0.2, 0.25) is 0 Å². The van der Waals surface area contributed by atoms with Gasteiger partial charge in [0.15, 0.2) is 11.7 Å². The molecule has 3 aromatic carbocycles. The van der Waals surface area contributed by atoms with Crippen LogP contribution in [-0.2, 0) is 26.3 Å². The van der Waals surface area contributed by atoms with Gasteiger partial charge >= 0.3 is 5.97 Å². The molecule has 0 amide bonds. The topological polar surface area (TPSA) is 74.2 Å². The zero-order valence-corrected chi connectivity index (χ0v) is 18.5. The number of esters is 1. The Bertz CT molecular complexity index is 942. The van der Waals surface area contributed by atoms with Gasteiger partial charge in [-0.1, -0.05) is 60.7 Å². The van der Waals surface area contributed by atoms with Gasteiger partial charge in [-0.3, -0.25) is 0 Å². The van der Waals surface area contributed by atoms with Crippen LogP contribution in [0.25, 0.3) is 0 Å². The molecule has 3 aromatic rings. The van der Waals surface area contributed by atoms with Crippen LogP contribution in [0.3, 0.4) is 0 Å².